The minimum Gasteiger partial charge on any atom is -0.330 e. The van der Waals surface area contributed by atoms with Gasteiger partial charge in [0.05, 0.1) is 5.56 Å². The van der Waals surface area contributed by atoms with E-state index >= 15 is 0 Å². The quantitative estimate of drug-likeness (QED) is 0.772. The van der Waals surface area contributed by atoms with Gasteiger partial charge in [-0.2, -0.15) is 13.2 Å². The summed E-state index contributed by atoms with van der Waals surface area (Å²) in [4.78, 5) is 16.8. The van der Waals surface area contributed by atoms with Gasteiger partial charge in [-0.1, -0.05) is 30.3 Å². The standard InChI is InChI=1S/C16H15F3N4O/c1-9-11(7-8-20)15(24)23-14(21-9)12(10-5-3-2-4-6-10)13(22-23)16(17,18)19/h2-6,22H,7-8,20H2,1H3. The second-order valence-corrected chi connectivity index (χ2v) is 5.40. The Hall–Kier alpha value is -2.61. The monoisotopic (exact) mass is 336 g/mol. The fraction of sp³-hybridized carbons (Fsp3) is 0.250. The van der Waals surface area contributed by atoms with Crippen molar-refractivity contribution in [3.8, 4) is 11.1 Å². The molecule has 3 aromatic rings. The second kappa shape index (κ2) is 5.79. The van der Waals surface area contributed by atoms with Crippen LogP contribution in [-0.2, 0) is 12.6 Å². The van der Waals surface area contributed by atoms with Crippen LogP contribution in [0.3, 0.4) is 0 Å². The number of rotatable bonds is 3. The van der Waals surface area contributed by atoms with Crippen molar-refractivity contribution in [2.24, 2.45) is 5.73 Å². The Balaban J connectivity index is 2.43. The van der Waals surface area contributed by atoms with Gasteiger partial charge < -0.3 is 5.73 Å². The maximum atomic E-state index is 13.5. The maximum absolute atomic E-state index is 13.5. The predicted octanol–water partition coefficient (Wildman–Crippen LogP) is 2.52. The molecular weight excluding hydrogens is 321 g/mol. The predicted molar refractivity (Wildman–Crippen MR) is 83.7 cm³/mol. The molecule has 2 aromatic heterocycles. The summed E-state index contributed by atoms with van der Waals surface area (Å²) in [6, 6.07) is 8.07. The number of aryl methyl sites for hydroxylation is 1. The number of benzene rings is 1. The van der Waals surface area contributed by atoms with E-state index in [0.717, 1.165) is 4.52 Å². The lowest BCUT2D eigenvalue weighted by molar-refractivity contribution is -0.140. The number of nitrogens with one attached hydrogen (secondary N) is 1. The summed E-state index contributed by atoms with van der Waals surface area (Å²) in [5, 5.41) is 2.17. The van der Waals surface area contributed by atoms with Crippen molar-refractivity contribution < 1.29 is 13.2 Å². The Bertz CT molecular complexity index is 942. The largest absolute Gasteiger partial charge is 0.433 e. The normalized spacial score (nSPS) is 12.0. The number of nitrogens with two attached hydrogens (primary N) is 1. The number of aromatic nitrogens is 3. The Labute approximate surface area is 134 Å². The SMILES string of the molecule is Cc1nc2c(-c3ccccc3)c(C(F)(F)F)[nH]n2c(=O)c1CCN. The highest BCUT2D eigenvalue weighted by atomic mass is 19.4. The van der Waals surface area contributed by atoms with Crippen molar-refractivity contribution >= 4 is 5.65 Å². The van der Waals surface area contributed by atoms with Crippen LogP contribution in [0.25, 0.3) is 16.8 Å². The van der Waals surface area contributed by atoms with Crippen LogP contribution in [0, 0.1) is 6.92 Å². The first kappa shape index (κ1) is 16.3. The fourth-order valence-electron chi connectivity index (χ4n) is 2.73. The van der Waals surface area contributed by atoms with E-state index in [4.69, 9.17) is 5.73 Å². The van der Waals surface area contributed by atoms with Crippen molar-refractivity contribution in [3.63, 3.8) is 0 Å². The van der Waals surface area contributed by atoms with Crippen LogP contribution in [0.1, 0.15) is 17.0 Å². The van der Waals surface area contributed by atoms with Gasteiger partial charge in [-0.25, -0.2) is 9.50 Å². The molecule has 0 saturated heterocycles. The summed E-state index contributed by atoms with van der Waals surface area (Å²) in [5.74, 6) is 0. The van der Waals surface area contributed by atoms with Crippen molar-refractivity contribution in [2.45, 2.75) is 19.5 Å². The van der Waals surface area contributed by atoms with Crippen LogP contribution in [-0.4, -0.2) is 21.1 Å². The van der Waals surface area contributed by atoms with Crippen LogP contribution in [0.15, 0.2) is 35.1 Å². The van der Waals surface area contributed by atoms with E-state index in [0.29, 0.717) is 16.8 Å². The number of fused-ring (bicyclic) bond motifs is 1. The van der Waals surface area contributed by atoms with Gasteiger partial charge in [0.25, 0.3) is 5.56 Å². The average Bonchev–Trinajstić information content (AvgIpc) is 2.92. The Morgan fingerprint density at radius 3 is 2.50 bits per heavy atom. The molecule has 2 heterocycles. The lowest BCUT2D eigenvalue weighted by Crippen LogP contribution is -2.24. The van der Waals surface area contributed by atoms with Crippen LogP contribution in [0.5, 0.6) is 0 Å². The third kappa shape index (κ3) is 2.58. The summed E-state index contributed by atoms with van der Waals surface area (Å²) < 4.78 is 41.2. The molecule has 0 aliphatic heterocycles. The molecular formula is C16H15F3N4O. The first-order valence-corrected chi connectivity index (χ1v) is 7.31. The highest BCUT2D eigenvalue weighted by molar-refractivity contribution is 5.80. The molecule has 126 valence electrons. The van der Waals surface area contributed by atoms with E-state index in [2.05, 4.69) is 10.1 Å². The van der Waals surface area contributed by atoms with Crippen LogP contribution in [0.2, 0.25) is 0 Å². The summed E-state index contributed by atoms with van der Waals surface area (Å²) in [7, 11) is 0. The van der Waals surface area contributed by atoms with E-state index in [-0.39, 0.29) is 24.2 Å². The fourth-order valence-corrected chi connectivity index (χ4v) is 2.73. The van der Waals surface area contributed by atoms with Crippen LogP contribution >= 0.6 is 0 Å². The van der Waals surface area contributed by atoms with Crippen molar-refractivity contribution in [3.05, 3.63) is 57.6 Å². The molecule has 8 heteroatoms. The number of hydrogen-bond acceptors (Lipinski definition) is 3. The molecule has 0 aliphatic carbocycles. The summed E-state index contributed by atoms with van der Waals surface area (Å²) in [6.07, 6.45) is -4.39. The molecule has 0 radical (unpaired) electrons. The average molecular weight is 336 g/mol. The van der Waals surface area contributed by atoms with E-state index in [1.807, 2.05) is 0 Å². The molecule has 0 fully saturated rings. The molecule has 0 saturated carbocycles. The summed E-state index contributed by atoms with van der Waals surface area (Å²) in [6.45, 7) is 1.81. The van der Waals surface area contributed by atoms with Crippen molar-refractivity contribution in [1.29, 1.82) is 0 Å². The van der Waals surface area contributed by atoms with Crippen molar-refractivity contribution in [2.75, 3.05) is 6.54 Å². The minimum absolute atomic E-state index is 0.0446. The molecule has 0 amide bonds. The summed E-state index contributed by atoms with van der Waals surface area (Å²) in [5.41, 5.74) is 4.76. The highest BCUT2D eigenvalue weighted by Crippen LogP contribution is 2.38. The Kier molecular flexibility index (Phi) is 3.92. The lowest BCUT2D eigenvalue weighted by atomic mass is 10.1. The number of alkyl halides is 3. The van der Waals surface area contributed by atoms with E-state index in [1.54, 1.807) is 37.3 Å². The molecule has 0 atom stereocenters. The number of hydrogen-bond donors (Lipinski definition) is 2. The van der Waals surface area contributed by atoms with Gasteiger partial charge in [-0.05, 0) is 25.5 Å². The van der Waals surface area contributed by atoms with Gasteiger partial charge in [0, 0.05) is 11.3 Å². The third-order valence-electron chi connectivity index (χ3n) is 3.82. The van der Waals surface area contributed by atoms with Gasteiger partial charge in [-0.3, -0.25) is 9.89 Å². The van der Waals surface area contributed by atoms with Gasteiger partial charge >= 0.3 is 6.18 Å². The van der Waals surface area contributed by atoms with Gasteiger partial charge in [0.15, 0.2) is 5.65 Å². The van der Waals surface area contributed by atoms with Gasteiger partial charge in [0.1, 0.15) is 5.69 Å². The minimum atomic E-state index is -4.65. The number of aromatic amines is 1. The summed E-state index contributed by atoms with van der Waals surface area (Å²) >= 11 is 0. The smallest absolute Gasteiger partial charge is 0.330 e. The molecule has 5 nitrogen and oxygen atoms in total. The third-order valence-corrected chi connectivity index (χ3v) is 3.82. The topological polar surface area (TPSA) is 76.2 Å². The zero-order valence-electron chi connectivity index (χ0n) is 12.8. The number of halogens is 3. The molecule has 0 aliphatic rings. The zero-order valence-corrected chi connectivity index (χ0v) is 12.8. The van der Waals surface area contributed by atoms with Crippen molar-refractivity contribution in [1.82, 2.24) is 14.6 Å². The molecule has 0 unspecified atom stereocenters. The molecule has 1 aromatic carbocycles. The highest BCUT2D eigenvalue weighted by Gasteiger charge is 2.38. The first-order valence-electron chi connectivity index (χ1n) is 7.31. The molecule has 3 rings (SSSR count). The van der Waals surface area contributed by atoms with E-state index in [9.17, 15) is 18.0 Å². The lowest BCUT2D eigenvalue weighted by Gasteiger charge is -2.07. The molecule has 3 N–H and O–H groups in total. The van der Waals surface area contributed by atoms with Gasteiger partial charge in [-0.15, -0.1) is 0 Å². The van der Waals surface area contributed by atoms with E-state index in [1.165, 1.54) is 0 Å². The van der Waals surface area contributed by atoms with Gasteiger partial charge in [0.2, 0.25) is 0 Å². The maximum Gasteiger partial charge on any atom is 0.433 e. The molecule has 24 heavy (non-hydrogen) atoms. The molecule has 0 spiro atoms. The number of H-pyrrole nitrogens is 1. The van der Waals surface area contributed by atoms with E-state index < -0.39 is 17.4 Å². The molecule has 0 bridgehead atoms. The number of nitrogens with zero attached hydrogens (tertiary/aromatic N) is 2. The van der Waals surface area contributed by atoms with Crippen LogP contribution in [0.4, 0.5) is 13.2 Å². The zero-order chi connectivity index (χ0) is 17.5. The Morgan fingerprint density at radius 1 is 1.25 bits per heavy atom. The van der Waals surface area contributed by atoms with Crippen LogP contribution < -0.4 is 11.3 Å². The first-order chi connectivity index (χ1) is 11.3. The Morgan fingerprint density at radius 2 is 1.92 bits per heavy atom. The second-order valence-electron chi connectivity index (χ2n) is 5.40.